The van der Waals surface area contributed by atoms with Gasteiger partial charge < -0.3 is 4.48 Å². The smallest absolute Gasteiger partial charge is 0.206 e. The number of quaternary nitrogens is 1. The van der Waals surface area contributed by atoms with E-state index >= 15 is 0 Å². The summed E-state index contributed by atoms with van der Waals surface area (Å²) in [5.74, 6) is 0. The summed E-state index contributed by atoms with van der Waals surface area (Å²) in [4.78, 5) is 0.660. The Labute approximate surface area is 198 Å². The van der Waals surface area contributed by atoms with Crippen molar-refractivity contribution in [1.82, 2.24) is 0 Å². The molecule has 3 nitrogen and oxygen atoms in total. The normalized spacial score (nSPS) is 11.6. The van der Waals surface area contributed by atoms with Crippen molar-refractivity contribution >= 4 is 9.84 Å². The summed E-state index contributed by atoms with van der Waals surface area (Å²) in [6, 6.07) is 16.9. The molecule has 0 saturated heterocycles. The molecule has 0 spiro atoms. The third kappa shape index (κ3) is 9.87. The Morgan fingerprint density at radius 1 is 0.531 bits per heavy atom. The van der Waals surface area contributed by atoms with Crippen LogP contribution in [0.4, 0.5) is 0 Å². The molecule has 0 atom stereocenters. The number of nitrogens with zero attached hydrogens (tertiary/aromatic N) is 1. The summed E-state index contributed by atoms with van der Waals surface area (Å²) in [7, 11) is -3.34. The Hall–Kier alpha value is -1.65. The molecule has 0 aromatic heterocycles. The Morgan fingerprint density at radius 3 is 1.06 bits per heavy atom. The maximum absolute atomic E-state index is 12.0. The van der Waals surface area contributed by atoms with E-state index in [9.17, 15) is 8.42 Å². The quantitative estimate of drug-likeness (QED) is 0.273. The van der Waals surface area contributed by atoms with Crippen LogP contribution >= 0.6 is 0 Å². The topological polar surface area (TPSA) is 34.1 Å². The molecule has 0 aliphatic carbocycles. The van der Waals surface area contributed by atoms with E-state index in [4.69, 9.17) is 0 Å². The highest BCUT2D eigenvalue weighted by Gasteiger charge is 2.24. The van der Waals surface area contributed by atoms with E-state index < -0.39 is 9.84 Å². The van der Waals surface area contributed by atoms with Gasteiger partial charge in [-0.15, -0.1) is 0 Å². The van der Waals surface area contributed by atoms with Crippen LogP contribution in [0.2, 0.25) is 0 Å². The lowest BCUT2D eigenvalue weighted by molar-refractivity contribution is -0.929. The molecule has 0 aliphatic heterocycles. The third-order valence-corrected chi connectivity index (χ3v) is 7.84. The zero-order chi connectivity index (χ0) is 23.7. The van der Waals surface area contributed by atoms with Crippen molar-refractivity contribution in [3.63, 3.8) is 0 Å². The van der Waals surface area contributed by atoms with Gasteiger partial charge in [0.2, 0.25) is 9.84 Å². The minimum atomic E-state index is -3.34. The van der Waals surface area contributed by atoms with E-state index in [1.807, 2.05) is 0 Å². The molecule has 0 aliphatic rings. The van der Waals surface area contributed by atoms with Crippen LogP contribution in [0, 0.1) is 0 Å². The lowest BCUT2D eigenvalue weighted by atomic mass is 10.1. The summed E-state index contributed by atoms with van der Waals surface area (Å²) in [6.07, 6.45) is 11.1. The van der Waals surface area contributed by atoms with Crippen LogP contribution in [0.25, 0.3) is 0 Å². The average Bonchev–Trinajstić information content (AvgIpc) is 2.84. The third-order valence-electron chi connectivity index (χ3n) is 6.05. The molecule has 0 bridgehead atoms. The molecule has 0 radical (unpaired) electrons. The van der Waals surface area contributed by atoms with Gasteiger partial charge in [-0.3, -0.25) is 0 Å². The Bertz CT molecular complexity index is 721. The molecule has 180 valence electrons. The van der Waals surface area contributed by atoms with Crippen molar-refractivity contribution in [2.24, 2.45) is 0 Å². The second-order valence-corrected chi connectivity index (χ2v) is 10.7. The van der Waals surface area contributed by atoms with Crippen LogP contribution in [0.5, 0.6) is 0 Å². The SMILES string of the molecule is CCCC[N+](CCCC)(CCCC)CCCC.O=S(=O)(c1ccccc1)c1ccccc1. The molecule has 0 heterocycles. The monoisotopic (exact) mass is 460 g/mol. The number of sulfone groups is 1. The summed E-state index contributed by atoms with van der Waals surface area (Å²) in [5, 5.41) is 0. The van der Waals surface area contributed by atoms with Crippen molar-refractivity contribution in [3.05, 3.63) is 60.7 Å². The fourth-order valence-electron chi connectivity index (χ4n) is 3.98. The van der Waals surface area contributed by atoms with Gasteiger partial charge in [0, 0.05) is 0 Å². The largest absolute Gasteiger partial charge is 0.324 e. The van der Waals surface area contributed by atoms with Crippen LogP contribution in [0.3, 0.4) is 0 Å². The fourth-order valence-corrected chi connectivity index (χ4v) is 5.28. The Balaban J connectivity index is 0.000000321. The minimum absolute atomic E-state index is 0.330. The highest BCUT2D eigenvalue weighted by atomic mass is 32.2. The lowest BCUT2D eigenvalue weighted by Crippen LogP contribution is -2.50. The number of rotatable bonds is 14. The number of benzene rings is 2. The first-order valence-corrected chi connectivity index (χ1v) is 14.1. The molecule has 32 heavy (non-hydrogen) atoms. The number of hydrogen-bond donors (Lipinski definition) is 0. The summed E-state index contributed by atoms with van der Waals surface area (Å²) in [6.45, 7) is 15.0. The predicted octanol–water partition coefficient (Wildman–Crippen LogP) is 7.52. The highest BCUT2D eigenvalue weighted by Crippen LogP contribution is 2.19. The van der Waals surface area contributed by atoms with E-state index in [-0.39, 0.29) is 0 Å². The lowest BCUT2D eigenvalue weighted by Gasteiger charge is -2.39. The van der Waals surface area contributed by atoms with E-state index in [0.29, 0.717) is 9.79 Å². The molecule has 2 rings (SSSR count). The van der Waals surface area contributed by atoms with E-state index in [2.05, 4.69) is 27.7 Å². The number of unbranched alkanes of at least 4 members (excludes halogenated alkanes) is 4. The molecular formula is C28H46NO2S+. The van der Waals surface area contributed by atoms with Gasteiger partial charge in [0.05, 0.1) is 36.0 Å². The molecule has 0 N–H and O–H groups in total. The maximum Gasteiger partial charge on any atom is 0.206 e. The molecule has 2 aromatic carbocycles. The van der Waals surface area contributed by atoms with Crippen LogP contribution < -0.4 is 0 Å². The first kappa shape index (κ1) is 28.4. The van der Waals surface area contributed by atoms with Crippen LogP contribution in [0.15, 0.2) is 70.5 Å². The zero-order valence-corrected chi connectivity index (χ0v) is 21.7. The standard InChI is InChI=1S/C16H36N.C12H10O2S/c1-5-9-13-17(14-10-6-2,15-11-7-3)16-12-8-4;13-15(14,11-7-3-1-4-8-11)12-9-5-2-6-10-12/h5-16H2,1-4H3;1-10H/q+1;. The van der Waals surface area contributed by atoms with Crippen molar-refractivity contribution in [3.8, 4) is 0 Å². The van der Waals surface area contributed by atoms with Gasteiger partial charge in [-0.2, -0.15) is 0 Å². The minimum Gasteiger partial charge on any atom is -0.324 e. The van der Waals surface area contributed by atoms with Crippen LogP contribution in [-0.2, 0) is 9.84 Å². The predicted molar refractivity (Wildman–Crippen MR) is 138 cm³/mol. The first-order chi connectivity index (χ1) is 15.5. The van der Waals surface area contributed by atoms with Crippen molar-refractivity contribution in [2.45, 2.75) is 88.9 Å². The summed E-state index contributed by atoms with van der Waals surface area (Å²) in [5.41, 5.74) is 0. The van der Waals surface area contributed by atoms with Crippen LogP contribution in [-0.4, -0.2) is 39.1 Å². The van der Waals surface area contributed by atoms with Gasteiger partial charge in [0.15, 0.2) is 0 Å². The van der Waals surface area contributed by atoms with Gasteiger partial charge in [0.25, 0.3) is 0 Å². The van der Waals surface area contributed by atoms with Crippen molar-refractivity contribution < 1.29 is 12.9 Å². The second kappa shape index (κ2) is 16.0. The van der Waals surface area contributed by atoms with E-state index in [1.54, 1.807) is 60.7 Å². The molecule has 2 aromatic rings. The fraction of sp³-hybridized carbons (Fsp3) is 0.571. The zero-order valence-electron chi connectivity index (χ0n) is 20.9. The molecule has 4 heteroatoms. The van der Waals surface area contributed by atoms with Gasteiger partial charge in [-0.25, -0.2) is 8.42 Å². The van der Waals surface area contributed by atoms with E-state index in [0.717, 1.165) is 0 Å². The van der Waals surface area contributed by atoms with Crippen molar-refractivity contribution in [1.29, 1.82) is 0 Å². The first-order valence-electron chi connectivity index (χ1n) is 12.7. The molecule has 0 fully saturated rings. The Kier molecular flexibility index (Phi) is 14.2. The van der Waals surface area contributed by atoms with Gasteiger partial charge in [0.1, 0.15) is 0 Å². The Morgan fingerprint density at radius 2 is 0.812 bits per heavy atom. The maximum atomic E-state index is 12.0. The number of hydrogen-bond acceptors (Lipinski definition) is 2. The molecular weight excluding hydrogens is 414 g/mol. The summed E-state index contributed by atoms with van der Waals surface area (Å²) < 4.78 is 25.5. The molecule has 0 saturated carbocycles. The molecule has 0 unspecified atom stereocenters. The summed E-state index contributed by atoms with van der Waals surface area (Å²) >= 11 is 0. The van der Waals surface area contributed by atoms with Gasteiger partial charge >= 0.3 is 0 Å². The molecule has 0 amide bonds. The average molecular weight is 461 g/mol. The van der Waals surface area contributed by atoms with Gasteiger partial charge in [-0.05, 0) is 49.9 Å². The highest BCUT2D eigenvalue weighted by molar-refractivity contribution is 7.91. The van der Waals surface area contributed by atoms with Gasteiger partial charge in [-0.1, -0.05) is 89.8 Å². The van der Waals surface area contributed by atoms with Crippen molar-refractivity contribution in [2.75, 3.05) is 26.2 Å². The second-order valence-electron chi connectivity index (χ2n) is 8.78. The van der Waals surface area contributed by atoms with E-state index in [1.165, 1.54) is 82.0 Å². The van der Waals surface area contributed by atoms with Crippen LogP contribution in [0.1, 0.15) is 79.1 Å².